The van der Waals surface area contributed by atoms with Crippen molar-refractivity contribution in [2.24, 2.45) is 0 Å². The summed E-state index contributed by atoms with van der Waals surface area (Å²) in [5, 5.41) is 2.83. The average molecular weight is 249 g/mol. The van der Waals surface area contributed by atoms with Gasteiger partial charge in [-0.1, -0.05) is 0 Å². The van der Waals surface area contributed by atoms with Crippen molar-refractivity contribution in [1.29, 1.82) is 0 Å². The van der Waals surface area contributed by atoms with E-state index in [1.807, 2.05) is 6.07 Å². The molecular weight excluding hydrogens is 239 g/mol. The number of nitrogens with one attached hydrogen (secondary N) is 1. The fraction of sp³-hybridized carbons (Fsp3) is 0.286. The van der Waals surface area contributed by atoms with Crippen LogP contribution >= 0.6 is 23.2 Å². The standard InChI is InChI=1S/C7H10BrN2OP/c1-12(2,11)10-7-4-3-6(8)5-9-7/h3-5H,1-2H3,(H,9,10,11). The first-order valence-electron chi connectivity index (χ1n) is 3.42. The Labute approximate surface area is 80.1 Å². The van der Waals surface area contributed by atoms with Gasteiger partial charge in [-0.25, -0.2) is 4.98 Å². The molecule has 0 atom stereocenters. The lowest BCUT2D eigenvalue weighted by atomic mass is 10.5. The van der Waals surface area contributed by atoms with Crippen LogP contribution in [-0.4, -0.2) is 18.3 Å². The molecule has 0 radical (unpaired) electrons. The fourth-order valence-electron chi connectivity index (χ4n) is 0.718. The highest BCUT2D eigenvalue weighted by atomic mass is 79.9. The minimum Gasteiger partial charge on any atom is -0.321 e. The van der Waals surface area contributed by atoms with Gasteiger partial charge in [0.2, 0.25) is 0 Å². The number of halogens is 1. The zero-order valence-corrected chi connectivity index (χ0v) is 9.39. The highest BCUT2D eigenvalue weighted by molar-refractivity contribution is 9.10. The molecule has 0 spiro atoms. The van der Waals surface area contributed by atoms with E-state index in [4.69, 9.17) is 0 Å². The molecule has 0 aromatic carbocycles. The second-order valence-corrected chi connectivity index (χ2v) is 6.67. The Bertz CT molecular complexity index is 306. The first-order valence-corrected chi connectivity index (χ1v) is 6.81. The van der Waals surface area contributed by atoms with E-state index in [2.05, 4.69) is 26.0 Å². The van der Waals surface area contributed by atoms with E-state index < -0.39 is 7.29 Å². The van der Waals surface area contributed by atoms with Crippen LogP contribution < -0.4 is 5.09 Å². The van der Waals surface area contributed by atoms with Crippen molar-refractivity contribution in [3.8, 4) is 0 Å². The van der Waals surface area contributed by atoms with Crippen molar-refractivity contribution >= 4 is 29.0 Å². The molecule has 0 aliphatic carbocycles. The summed E-state index contributed by atoms with van der Waals surface area (Å²) >= 11 is 3.27. The number of hydrogen-bond acceptors (Lipinski definition) is 2. The molecule has 1 heterocycles. The van der Waals surface area contributed by atoms with E-state index in [0.717, 1.165) is 4.47 Å². The van der Waals surface area contributed by atoms with Crippen LogP contribution in [0, 0.1) is 0 Å². The van der Waals surface area contributed by atoms with Crippen molar-refractivity contribution in [2.45, 2.75) is 0 Å². The average Bonchev–Trinajstić information content (AvgIpc) is 1.91. The predicted molar refractivity (Wildman–Crippen MR) is 55.0 cm³/mol. The molecule has 1 aromatic rings. The lowest BCUT2D eigenvalue weighted by Crippen LogP contribution is -1.95. The molecule has 0 amide bonds. The van der Waals surface area contributed by atoms with Gasteiger partial charge in [0.1, 0.15) is 5.82 Å². The molecule has 66 valence electrons. The van der Waals surface area contributed by atoms with E-state index in [9.17, 15) is 4.57 Å². The monoisotopic (exact) mass is 248 g/mol. The molecule has 0 bridgehead atoms. The Morgan fingerprint density at radius 2 is 2.17 bits per heavy atom. The highest BCUT2D eigenvalue weighted by Crippen LogP contribution is 2.35. The van der Waals surface area contributed by atoms with E-state index in [1.165, 1.54) is 0 Å². The van der Waals surface area contributed by atoms with Crippen LogP contribution in [0.3, 0.4) is 0 Å². The van der Waals surface area contributed by atoms with E-state index >= 15 is 0 Å². The first kappa shape index (κ1) is 9.75. The summed E-state index contributed by atoms with van der Waals surface area (Å²) in [5.74, 6) is 0.645. The maximum absolute atomic E-state index is 11.3. The van der Waals surface area contributed by atoms with Gasteiger partial charge in [-0.3, -0.25) is 0 Å². The molecular formula is C7H10BrN2OP. The van der Waals surface area contributed by atoms with Crippen LogP contribution in [0.5, 0.6) is 0 Å². The largest absolute Gasteiger partial charge is 0.321 e. The van der Waals surface area contributed by atoms with Crippen molar-refractivity contribution in [3.63, 3.8) is 0 Å². The topological polar surface area (TPSA) is 42.0 Å². The molecule has 5 heteroatoms. The molecule has 0 aliphatic rings. The van der Waals surface area contributed by atoms with Gasteiger partial charge in [-0.05, 0) is 28.1 Å². The molecule has 12 heavy (non-hydrogen) atoms. The van der Waals surface area contributed by atoms with Gasteiger partial charge in [0.25, 0.3) is 0 Å². The van der Waals surface area contributed by atoms with Gasteiger partial charge in [0.15, 0.2) is 7.29 Å². The maximum atomic E-state index is 11.3. The quantitative estimate of drug-likeness (QED) is 0.819. The molecule has 1 N–H and O–H groups in total. The summed E-state index contributed by atoms with van der Waals surface area (Å²) in [4.78, 5) is 4.03. The SMILES string of the molecule is CP(C)(=O)Nc1ccc(Br)cn1. The molecule has 0 aliphatic heterocycles. The summed E-state index contributed by atoms with van der Waals surface area (Å²) in [6, 6.07) is 3.63. The van der Waals surface area contributed by atoms with Crippen molar-refractivity contribution in [3.05, 3.63) is 22.8 Å². The Morgan fingerprint density at radius 3 is 2.58 bits per heavy atom. The van der Waals surface area contributed by atoms with Gasteiger partial charge in [0, 0.05) is 24.0 Å². The number of nitrogens with zero attached hydrogens (tertiary/aromatic N) is 1. The smallest absolute Gasteiger partial charge is 0.165 e. The number of anilines is 1. The van der Waals surface area contributed by atoms with Gasteiger partial charge in [-0.2, -0.15) is 0 Å². The Hall–Kier alpha value is -0.340. The van der Waals surface area contributed by atoms with Crippen molar-refractivity contribution < 1.29 is 4.57 Å². The van der Waals surface area contributed by atoms with E-state index in [0.29, 0.717) is 5.82 Å². The first-order chi connectivity index (χ1) is 5.47. The second-order valence-electron chi connectivity index (χ2n) is 2.82. The molecule has 0 saturated carbocycles. The molecule has 0 saturated heterocycles. The Balaban J connectivity index is 2.78. The third kappa shape index (κ3) is 3.37. The van der Waals surface area contributed by atoms with Crippen LogP contribution in [0.4, 0.5) is 5.82 Å². The third-order valence-electron chi connectivity index (χ3n) is 1.11. The minimum atomic E-state index is -2.23. The maximum Gasteiger partial charge on any atom is 0.165 e. The zero-order valence-electron chi connectivity index (χ0n) is 6.91. The summed E-state index contributed by atoms with van der Waals surface area (Å²) in [7, 11) is -2.23. The van der Waals surface area contributed by atoms with Gasteiger partial charge in [0.05, 0.1) is 0 Å². The number of rotatable bonds is 2. The number of aromatic nitrogens is 1. The Kier molecular flexibility index (Phi) is 2.91. The van der Waals surface area contributed by atoms with Crippen LogP contribution in [0.15, 0.2) is 22.8 Å². The minimum absolute atomic E-state index is 0.645. The van der Waals surface area contributed by atoms with Crippen LogP contribution in [0.25, 0.3) is 0 Å². The highest BCUT2D eigenvalue weighted by Gasteiger charge is 2.05. The molecule has 3 nitrogen and oxygen atoms in total. The molecule has 1 rings (SSSR count). The van der Waals surface area contributed by atoms with Crippen molar-refractivity contribution in [2.75, 3.05) is 18.4 Å². The third-order valence-corrected chi connectivity index (χ3v) is 2.35. The second kappa shape index (κ2) is 3.58. The molecule has 0 unspecified atom stereocenters. The summed E-state index contributed by atoms with van der Waals surface area (Å²) in [6.07, 6.45) is 1.66. The zero-order chi connectivity index (χ0) is 9.19. The van der Waals surface area contributed by atoms with Crippen molar-refractivity contribution in [1.82, 2.24) is 4.98 Å². The number of hydrogen-bond donors (Lipinski definition) is 1. The normalized spacial score (nSPS) is 11.2. The lowest BCUT2D eigenvalue weighted by Gasteiger charge is -2.08. The molecule has 1 aromatic heterocycles. The van der Waals surface area contributed by atoms with Gasteiger partial charge >= 0.3 is 0 Å². The van der Waals surface area contributed by atoms with E-state index in [1.54, 1.807) is 25.6 Å². The number of pyridine rings is 1. The Morgan fingerprint density at radius 1 is 1.50 bits per heavy atom. The molecule has 0 fully saturated rings. The summed E-state index contributed by atoms with van der Waals surface area (Å²) in [5.41, 5.74) is 0. The summed E-state index contributed by atoms with van der Waals surface area (Å²) in [6.45, 7) is 3.33. The van der Waals surface area contributed by atoms with Gasteiger partial charge < -0.3 is 9.65 Å². The lowest BCUT2D eigenvalue weighted by molar-refractivity contribution is 0.585. The van der Waals surface area contributed by atoms with E-state index in [-0.39, 0.29) is 0 Å². The van der Waals surface area contributed by atoms with Gasteiger partial charge in [-0.15, -0.1) is 0 Å². The van der Waals surface area contributed by atoms with Crippen LogP contribution in [0.1, 0.15) is 0 Å². The van der Waals surface area contributed by atoms with Crippen LogP contribution in [0.2, 0.25) is 0 Å². The predicted octanol–water partition coefficient (Wildman–Crippen LogP) is 2.79. The summed E-state index contributed by atoms with van der Waals surface area (Å²) < 4.78 is 12.2. The van der Waals surface area contributed by atoms with Crippen LogP contribution in [-0.2, 0) is 4.57 Å². The fourth-order valence-corrected chi connectivity index (χ4v) is 1.64.